The SMILES string of the molecule is C[C@@H](CCc1ccccc1)[NH2+]C[C@H](O)CO. The predicted molar refractivity (Wildman–Crippen MR) is 64.1 cm³/mol. The van der Waals surface area contributed by atoms with Gasteiger partial charge in [0.1, 0.15) is 12.6 Å². The second kappa shape index (κ2) is 7.39. The first-order valence-corrected chi connectivity index (χ1v) is 5.88. The number of quaternary nitrogens is 1. The van der Waals surface area contributed by atoms with E-state index in [0.29, 0.717) is 12.6 Å². The molecule has 90 valence electrons. The van der Waals surface area contributed by atoms with Gasteiger partial charge in [0.2, 0.25) is 0 Å². The summed E-state index contributed by atoms with van der Waals surface area (Å²) in [5.41, 5.74) is 1.35. The number of hydrogen-bond donors (Lipinski definition) is 3. The van der Waals surface area contributed by atoms with Gasteiger partial charge in [0.05, 0.1) is 12.6 Å². The molecule has 0 aromatic heterocycles. The highest BCUT2D eigenvalue weighted by Crippen LogP contribution is 2.02. The molecule has 0 saturated heterocycles. The molecule has 3 nitrogen and oxygen atoms in total. The molecule has 0 bridgehead atoms. The fraction of sp³-hybridized carbons (Fsp3) is 0.538. The Hall–Kier alpha value is -0.900. The highest BCUT2D eigenvalue weighted by molar-refractivity contribution is 5.14. The minimum atomic E-state index is -0.598. The second-order valence-corrected chi connectivity index (χ2v) is 4.31. The molecule has 0 spiro atoms. The topological polar surface area (TPSA) is 57.1 Å². The van der Waals surface area contributed by atoms with Crippen LogP contribution in [-0.4, -0.2) is 35.5 Å². The molecule has 1 rings (SSSR count). The molecule has 0 aliphatic rings. The maximum Gasteiger partial charge on any atom is 0.126 e. The van der Waals surface area contributed by atoms with Crippen molar-refractivity contribution >= 4 is 0 Å². The van der Waals surface area contributed by atoms with Crippen LogP contribution in [0.5, 0.6) is 0 Å². The Labute approximate surface area is 97.1 Å². The quantitative estimate of drug-likeness (QED) is 0.607. The van der Waals surface area contributed by atoms with Crippen molar-refractivity contribution in [1.29, 1.82) is 0 Å². The zero-order chi connectivity index (χ0) is 11.8. The fourth-order valence-electron chi connectivity index (χ4n) is 1.62. The van der Waals surface area contributed by atoms with Crippen LogP contribution in [0.2, 0.25) is 0 Å². The van der Waals surface area contributed by atoms with E-state index in [4.69, 9.17) is 5.11 Å². The molecule has 0 saturated carbocycles. The Kier molecular flexibility index (Phi) is 6.08. The second-order valence-electron chi connectivity index (χ2n) is 4.31. The molecule has 0 aliphatic heterocycles. The maximum absolute atomic E-state index is 9.21. The monoisotopic (exact) mass is 224 g/mol. The van der Waals surface area contributed by atoms with E-state index in [1.54, 1.807) is 0 Å². The molecule has 0 amide bonds. The van der Waals surface area contributed by atoms with Gasteiger partial charge in [-0.25, -0.2) is 0 Å². The smallest absolute Gasteiger partial charge is 0.126 e. The van der Waals surface area contributed by atoms with Gasteiger partial charge in [0.25, 0.3) is 0 Å². The first kappa shape index (κ1) is 13.2. The van der Waals surface area contributed by atoms with Gasteiger partial charge in [-0.15, -0.1) is 0 Å². The molecule has 0 aliphatic carbocycles. The first-order chi connectivity index (χ1) is 7.72. The average molecular weight is 224 g/mol. The summed E-state index contributed by atoms with van der Waals surface area (Å²) in [7, 11) is 0. The molecule has 1 aromatic carbocycles. The zero-order valence-corrected chi connectivity index (χ0v) is 9.84. The van der Waals surface area contributed by atoms with Gasteiger partial charge in [-0.3, -0.25) is 0 Å². The molecule has 3 heteroatoms. The van der Waals surface area contributed by atoms with Crippen LogP contribution in [0.25, 0.3) is 0 Å². The molecule has 2 atom stereocenters. The zero-order valence-electron chi connectivity index (χ0n) is 9.84. The van der Waals surface area contributed by atoms with E-state index in [-0.39, 0.29) is 6.61 Å². The van der Waals surface area contributed by atoms with E-state index >= 15 is 0 Å². The summed E-state index contributed by atoms with van der Waals surface area (Å²) >= 11 is 0. The van der Waals surface area contributed by atoms with Crippen molar-refractivity contribution < 1.29 is 15.5 Å². The predicted octanol–water partition coefficient (Wildman–Crippen LogP) is -0.0757. The third-order valence-electron chi connectivity index (χ3n) is 2.75. The summed E-state index contributed by atoms with van der Waals surface area (Å²) < 4.78 is 0. The van der Waals surface area contributed by atoms with Gasteiger partial charge >= 0.3 is 0 Å². The molecular weight excluding hydrogens is 202 g/mol. The van der Waals surface area contributed by atoms with Gasteiger partial charge in [-0.2, -0.15) is 0 Å². The summed E-state index contributed by atoms with van der Waals surface area (Å²) in [5.74, 6) is 0. The molecule has 0 unspecified atom stereocenters. The van der Waals surface area contributed by atoms with Crippen molar-refractivity contribution in [3.8, 4) is 0 Å². The van der Waals surface area contributed by atoms with Crippen LogP contribution < -0.4 is 5.32 Å². The molecule has 0 heterocycles. The van der Waals surface area contributed by atoms with Crippen LogP contribution in [0, 0.1) is 0 Å². The Bertz CT molecular complexity index is 277. The van der Waals surface area contributed by atoms with Gasteiger partial charge < -0.3 is 15.5 Å². The van der Waals surface area contributed by atoms with Crippen molar-refractivity contribution in [2.45, 2.75) is 31.9 Å². The lowest BCUT2D eigenvalue weighted by atomic mass is 10.1. The number of rotatable bonds is 7. The minimum Gasteiger partial charge on any atom is -0.393 e. The lowest BCUT2D eigenvalue weighted by Crippen LogP contribution is -2.91. The minimum absolute atomic E-state index is 0.151. The van der Waals surface area contributed by atoms with E-state index in [1.807, 2.05) is 6.07 Å². The van der Waals surface area contributed by atoms with Crippen LogP contribution in [0.3, 0.4) is 0 Å². The third kappa shape index (κ3) is 5.26. The molecule has 1 aromatic rings. The van der Waals surface area contributed by atoms with Gasteiger partial charge in [0, 0.05) is 6.42 Å². The Morgan fingerprint density at radius 2 is 1.94 bits per heavy atom. The van der Waals surface area contributed by atoms with Crippen molar-refractivity contribution in [2.75, 3.05) is 13.2 Å². The number of aryl methyl sites for hydroxylation is 1. The summed E-state index contributed by atoms with van der Waals surface area (Å²) in [6.07, 6.45) is 1.55. The van der Waals surface area contributed by atoms with E-state index < -0.39 is 6.10 Å². The molecule has 0 fully saturated rings. The standard InChI is InChI=1S/C13H21NO2/c1-11(14-9-13(16)10-15)7-8-12-5-3-2-4-6-12/h2-6,11,13-16H,7-10H2,1H3/p+1/t11-,13-/m0/s1. The van der Waals surface area contributed by atoms with Crippen LogP contribution in [0.4, 0.5) is 0 Å². The third-order valence-corrected chi connectivity index (χ3v) is 2.75. The average Bonchev–Trinajstić information content (AvgIpc) is 2.34. The molecule has 0 radical (unpaired) electrons. The van der Waals surface area contributed by atoms with E-state index in [9.17, 15) is 5.11 Å². The molecule has 4 N–H and O–H groups in total. The Morgan fingerprint density at radius 3 is 2.56 bits per heavy atom. The Balaban J connectivity index is 2.18. The number of aliphatic hydroxyl groups excluding tert-OH is 2. The summed E-state index contributed by atoms with van der Waals surface area (Å²) in [6.45, 7) is 2.57. The van der Waals surface area contributed by atoms with Crippen LogP contribution in [-0.2, 0) is 6.42 Å². The van der Waals surface area contributed by atoms with E-state index in [0.717, 1.165) is 12.8 Å². The Morgan fingerprint density at radius 1 is 1.25 bits per heavy atom. The maximum atomic E-state index is 9.21. The lowest BCUT2D eigenvalue weighted by Gasteiger charge is -2.12. The van der Waals surface area contributed by atoms with Crippen molar-refractivity contribution in [3.63, 3.8) is 0 Å². The van der Waals surface area contributed by atoms with Crippen LogP contribution in [0.1, 0.15) is 18.9 Å². The summed E-state index contributed by atoms with van der Waals surface area (Å²) in [6, 6.07) is 10.9. The fourth-order valence-corrected chi connectivity index (χ4v) is 1.62. The summed E-state index contributed by atoms with van der Waals surface area (Å²) in [5, 5.41) is 20.0. The highest BCUT2D eigenvalue weighted by atomic mass is 16.3. The van der Waals surface area contributed by atoms with Crippen molar-refractivity contribution in [2.24, 2.45) is 0 Å². The number of benzene rings is 1. The highest BCUT2D eigenvalue weighted by Gasteiger charge is 2.09. The number of hydrogen-bond acceptors (Lipinski definition) is 2. The normalized spacial score (nSPS) is 14.7. The van der Waals surface area contributed by atoms with Gasteiger partial charge in [-0.1, -0.05) is 30.3 Å². The number of nitrogens with two attached hydrogens (primary N) is 1. The van der Waals surface area contributed by atoms with Gasteiger partial charge in [-0.05, 0) is 18.9 Å². The van der Waals surface area contributed by atoms with Gasteiger partial charge in [0.15, 0.2) is 0 Å². The van der Waals surface area contributed by atoms with E-state index in [1.165, 1.54) is 5.56 Å². The first-order valence-electron chi connectivity index (χ1n) is 5.88. The van der Waals surface area contributed by atoms with Crippen LogP contribution in [0.15, 0.2) is 30.3 Å². The molecular formula is C13H22NO2+. The summed E-state index contributed by atoms with van der Waals surface area (Å²) in [4.78, 5) is 0. The molecule has 16 heavy (non-hydrogen) atoms. The lowest BCUT2D eigenvalue weighted by molar-refractivity contribution is -0.692. The van der Waals surface area contributed by atoms with Crippen molar-refractivity contribution in [3.05, 3.63) is 35.9 Å². The van der Waals surface area contributed by atoms with Crippen LogP contribution >= 0.6 is 0 Å². The largest absolute Gasteiger partial charge is 0.393 e. The van der Waals surface area contributed by atoms with Crippen molar-refractivity contribution in [1.82, 2.24) is 0 Å². The van der Waals surface area contributed by atoms with E-state index in [2.05, 4.69) is 36.5 Å². The number of aliphatic hydroxyl groups is 2.